The minimum atomic E-state index is -0.723. The summed E-state index contributed by atoms with van der Waals surface area (Å²) in [6.07, 6.45) is 7.41. The predicted octanol–water partition coefficient (Wildman–Crippen LogP) is -0.0272. The van der Waals surface area contributed by atoms with E-state index in [0.717, 1.165) is 5.54 Å². The van der Waals surface area contributed by atoms with Crippen LogP contribution in [-0.4, -0.2) is 38.2 Å². The Bertz CT molecular complexity index is 124. The third-order valence-electron chi connectivity index (χ3n) is 2.95. The molecule has 12 heavy (non-hydrogen) atoms. The summed E-state index contributed by atoms with van der Waals surface area (Å²) in [5, 5.41) is 0. The average molecular weight is 202 g/mol. The van der Waals surface area contributed by atoms with Crippen molar-refractivity contribution in [3.8, 4) is 0 Å². The second-order valence-electron chi connectivity index (χ2n) is 4.10. The largest absolute Gasteiger partial charge is 0.357 e. The zero-order chi connectivity index (χ0) is 8.97. The Hall–Kier alpha value is 0.354. The van der Waals surface area contributed by atoms with Gasteiger partial charge in [-0.1, -0.05) is 32.1 Å². The molecule has 72 valence electrons. The van der Waals surface area contributed by atoms with Crippen LogP contribution in [0.15, 0.2) is 0 Å². The molecule has 0 heterocycles. The van der Waals surface area contributed by atoms with Crippen LogP contribution in [-0.2, 0) is 0 Å². The van der Waals surface area contributed by atoms with Crippen LogP contribution in [0.3, 0.4) is 0 Å². The van der Waals surface area contributed by atoms with Gasteiger partial charge >= 0.3 is 0 Å². The molecule has 0 aromatic heterocycles. The molecule has 0 aromatic rings. The van der Waals surface area contributed by atoms with Crippen molar-refractivity contribution in [1.29, 1.82) is 0 Å². The normalized spacial score (nSPS) is 23.2. The van der Waals surface area contributed by atoms with E-state index >= 15 is 0 Å². The number of rotatable bonds is 3. The van der Waals surface area contributed by atoms with E-state index in [2.05, 4.69) is 23.3 Å². The van der Waals surface area contributed by atoms with Gasteiger partial charge in [0, 0.05) is 0 Å². The lowest BCUT2D eigenvalue weighted by Gasteiger charge is -2.32. The molecule has 2 nitrogen and oxygen atoms in total. The molecule has 1 aliphatic carbocycles. The van der Waals surface area contributed by atoms with Crippen LogP contribution >= 0.6 is 0 Å². The van der Waals surface area contributed by atoms with Crippen molar-refractivity contribution >= 4 is 19.5 Å². The summed E-state index contributed by atoms with van der Waals surface area (Å²) in [5.41, 5.74) is 1.05. The molecule has 0 radical (unpaired) electrons. The summed E-state index contributed by atoms with van der Waals surface area (Å²) in [5.74, 6) is 0. The zero-order valence-corrected chi connectivity index (χ0v) is 11.8. The van der Waals surface area contributed by atoms with E-state index in [-0.39, 0.29) is 0 Å². The smallest absolute Gasteiger partial charge is 0.182 e. The van der Waals surface area contributed by atoms with Crippen molar-refractivity contribution in [2.45, 2.75) is 37.6 Å². The third-order valence-corrected chi connectivity index (χ3v) is 7.99. The molecule has 0 saturated heterocycles. The van der Waals surface area contributed by atoms with Gasteiger partial charge in [-0.2, -0.15) is 0 Å². The van der Waals surface area contributed by atoms with Crippen LogP contribution in [0.2, 0.25) is 5.54 Å². The maximum absolute atomic E-state index is 3.67. The Labute approximate surface area is 81.0 Å². The summed E-state index contributed by atoms with van der Waals surface area (Å²) in [6, 6.07) is 0. The van der Waals surface area contributed by atoms with E-state index in [0.29, 0.717) is 0 Å². The van der Waals surface area contributed by atoms with Gasteiger partial charge in [0.25, 0.3) is 0 Å². The fraction of sp³-hybridized carbons (Fsp3) is 1.00. The molecular weight excluding hydrogens is 180 g/mol. The monoisotopic (exact) mass is 202 g/mol. The summed E-state index contributed by atoms with van der Waals surface area (Å²) in [4.78, 5) is 0. The van der Waals surface area contributed by atoms with Crippen LogP contribution < -0.4 is 4.65 Å². The van der Waals surface area contributed by atoms with Gasteiger partial charge in [0.15, 0.2) is 9.12 Å². The van der Waals surface area contributed by atoms with E-state index in [1.165, 1.54) is 42.5 Å². The predicted molar refractivity (Wildman–Crippen MR) is 60.7 cm³/mol. The maximum Gasteiger partial charge on any atom is 0.182 e. The first-order valence-corrected chi connectivity index (χ1v) is 7.85. The Morgan fingerprint density at radius 1 is 1.25 bits per heavy atom. The number of nitrogens with zero attached hydrogens (tertiary/aromatic N) is 1. The van der Waals surface area contributed by atoms with Crippen LogP contribution in [0.4, 0.5) is 0 Å². The van der Waals surface area contributed by atoms with Gasteiger partial charge in [0.05, 0.1) is 10.4 Å². The van der Waals surface area contributed by atoms with Gasteiger partial charge in [-0.3, -0.25) is 0 Å². The molecule has 0 aliphatic heterocycles. The number of nitrogens with one attached hydrogen (secondary N) is 1. The minimum Gasteiger partial charge on any atom is -0.357 e. The SMILES string of the molecule is CN(C)[SiH](N[SiH3])C1CCCCC1. The fourth-order valence-electron chi connectivity index (χ4n) is 2.37. The van der Waals surface area contributed by atoms with Gasteiger partial charge in [-0.05, 0) is 19.6 Å². The van der Waals surface area contributed by atoms with E-state index < -0.39 is 9.12 Å². The second-order valence-corrected chi connectivity index (χ2v) is 9.27. The molecule has 0 amide bonds. The molecule has 0 spiro atoms. The van der Waals surface area contributed by atoms with Gasteiger partial charge < -0.3 is 9.21 Å². The topological polar surface area (TPSA) is 15.3 Å². The molecule has 0 aromatic carbocycles. The van der Waals surface area contributed by atoms with Crippen molar-refractivity contribution in [2.75, 3.05) is 14.1 Å². The Kier molecular flexibility index (Phi) is 4.49. The van der Waals surface area contributed by atoms with Gasteiger partial charge in [0.2, 0.25) is 0 Å². The lowest BCUT2D eigenvalue weighted by molar-refractivity contribution is 0.469. The van der Waals surface area contributed by atoms with Crippen molar-refractivity contribution in [1.82, 2.24) is 9.21 Å². The Morgan fingerprint density at radius 2 is 1.83 bits per heavy atom. The highest BCUT2D eigenvalue weighted by Gasteiger charge is 2.25. The standard InChI is InChI=1S/C8H22N2Si2/c1-10(2)12(9-11)8-6-4-3-5-7-8/h8-9,12H,3-7H2,1-2,11H3. The molecule has 1 unspecified atom stereocenters. The highest BCUT2D eigenvalue weighted by atomic mass is 28.3. The molecule has 1 N–H and O–H groups in total. The van der Waals surface area contributed by atoms with Gasteiger partial charge in [-0.25, -0.2) is 0 Å². The van der Waals surface area contributed by atoms with Crippen molar-refractivity contribution < 1.29 is 0 Å². The first-order chi connectivity index (χ1) is 5.75. The molecule has 1 fully saturated rings. The molecule has 1 saturated carbocycles. The summed E-state index contributed by atoms with van der Waals surface area (Å²) in [7, 11) is 4.94. The lowest BCUT2D eigenvalue weighted by Crippen LogP contribution is -2.49. The minimum absolute atomic E-state index is 0.723. The lowest BCUT2D eigenvalue weighted by atomic mass is 10.0. The van der Waals surface area contributed by atoms with E-state index in [1.807, 2.05) is 0 Å². The van der Waals surface area contributed by atoms with E-state index in [1.54, 1.807) is 0 Å². The highest BCUT2D eigenvalue weighted by molar-refractivity contribution is 6.60. The highest BCUT2D eigenvalue weighted by Crippen LogP contribution is 2.30. The molecule has 1 rings (SSSR count). The summed E-state index contributed by atoms with van der Waals surface area (Å²) < 4.78 is 6.15. The molecule has 1 atom stereocenters. The van der Waals surface area contributed by atoms with Crippen molar-refractivity contribution in [3.05, 3.63) is 0 Å². The van der Waals surface area contributed by atoms with E-state index in [9.17, 15) is 0 Å². The molecule has 0 bridgehead atoms. The Morgan fingerprint density at radius 3 is 2.25 bits per heavy atom. The first kappa shape index (κ1) is 10.4. The molecule has 1 aliphatic rings. The van der Waals surface area contributed by atoms with E-state index in [4.69, 9.17) is 0 Å². The van der Waals surface area contributed by atoms with Gasteiger partial charge in [0.1, 0.15) is 0 Å². The van der Waals surface area contributed by atoms with Crippen molar-refractivity contribution in [2.24, 2.45) is 0 Å². The first-order valence-electron chi connectivity index (χ1n) is 5.09. The maximum atomic E-state index is 3.67. The Balaban J connectivity index is 2.40. The summed E-state index contributed by atoms with van der Waals surface area (Å²) in [6.45, 7) is 0. The van der Waals surface area contributed by atoms with Crippen LogP contribution in [0.5, 0.6) is 0 Å². The third kappa shape index (κ3) is 2.69. The second kappa shape index (κ2) is 5.16. The van der Waals surface area contributed by atoms with Crippen molar-refractivity contribution in [3.63, 3.8) is 0 Å². The van der Waals surface area contributed by atoms with Crippen LogP contribution in [0.25, 0.3) is 0 Å². The zero-order valence-electron chi connectivity index (χ0n) is 8.64. The van der Waals surface area contributed by atoms with Gasteiger partial charge in [-0.15, -0.1) is 0 Å². The number of hydrogen-bond acceptors (Lipinski definition) is 2. The number of hydrogen-bond donors (Lipinski definition) is 1. The quantitative estimate of drug-likeness (QED) is 0.647. The summed E-state index contributed by atoms with van der Waals surface area (Å²) >= 11 is 0. The fourth-order valence-corrected chi connectivity index (χ4v) is 8.26. The molecular formula is C8H22N2Si2. The molecule has 4 heteroatoms. The van der Waals surface area contributed by atoms with Crippen LogP contribution in [0, 0.1) is 0 Å². The average Bonchev–Trinajstić information content (AvgIpc) is 2.07. The van der Waals surface area contributed by atoms with Crippen LogP contribution in [0.1, 0.15) is 32.1 Å².